The first-order valence-corrected chi connectivity index (χ1v) is 37.2. The van der Waals surface area contributed by atoms with Crippen molar-refractivity contribution in [2.75, 3.05) is 0 Å². The fourth-order valence-electron chi connectivity index (χ4n) is 13.6. The molecule has 5 nitrogen and oxygen atoms in total. The van der Waals surface area contributed by atoms with E-state index in [9.17, 15) is 48.0 Å². The highest BCUT2D eigenvalue weighted by Gasteiger charge is 2.46. The van der Waals surface area contributed by atoms with E-state index in [-0.39, 0.29) is 33.6 Å². The summed E-state index contributed by atoms with van der Waals surface area (Å²) in [5.74, 6) is 0.894. The lowest BCUT2D eigenvalue weighted by Gasteiger charge is -2.37. The van der Waals surface area contributed by atoms with Gasteiger partial charge in [-0.05, 0) is 157 Å². The molecule has 0 fully saturated rings. The Kier molecular flexibility index (Phi) is 9.25. The second kappa shape index (κ2) is 27.2. The van der Waals surface area contributed by atoms with Crippen LogP contribution < -0.4 is 50.8 Å². The molecule has 3 aromatic heterocycles. The minimum absolute atomic E-state index is 0.0386. The van der Waals surface area contributed by atoms with Crippen molar-refractivity contribution in [3.8, 4) is 62.1 Å². The van der Waals surface area contributed by atoms with Crippen molar-refractivity contribution >= 4 is 90.5 Å². The van der Waals surface area contributed by atoms with Gasteiger partial charge in [0.05, 0.1) is 86.9 Å². The van der Waals surface area contributed by atoms with E-state index in [0.29, 0.717) is 22.5 Å². The normalized spacial score (nSPS) is 17.3. The van der Waals surface area contributed by atoms with Crippen LogP contribution in [0, 0.1) is 6.33 Å². The number of imidazole rings is 1. The van der Waals surface area contributed by atoms with Crippen LogP contribution in [-0.2, 0) is 10.8 Å². The maximum absolute atomic E-state index is 11.7. The number of hydrogen-bond acceptors (Lipinski definition) is 2. The zero-order valence-corrected chi connectivity index (χ0v) is 59.0. The number of hydrogen-bond donors (Lipinski definition) is 0. The van der Waals surface area contributed by atoms with Gasteiger partial charge < -0.3 is 4.74 Å². The minimum Gasteiger partial charge on any atom is -0.458 e. The molecule has 0 amide bonds. The molecule has 14 aromatic carbocycles. The zero-order valence-electron chi connectivity index (χ0n) is 96.0. The molecular weight excluding hydrogens is 1310 g/mol. The largest absolute Gasteiger partial charge is 0.458 e. The Morgan fingerprint density at radius 2 is 0.895 bits per heavy atom. The predicted octanol–water partition coefficient (Wildman–Crippen LogP) is 18.3. The molecule has 105 heavy (non-hydrogen) atoms. The van der Waals surface area contributed by atoms with Crippen molar-refractivity contribution in [3.63, 3.8) is 0 Å². The maximum Gasteiger partial charge on any atom is 0.269 e. The lowest BCUT2D eigenvalue weighted by molar-refractivity contribution is -0.570. The highest BCUT2D eigenvalue weighted by molar-refractivity contribution is 7.21. The summed E-state index contributed by atoms with van der Waals surface area (Å²) >= 11 is 0. The average Bonchev–Trinajstić information content (AvgIpc) is 0.893. The van der Waals surface area contributed by atoms with E-state index < -0.39 is 327 Å². The van der Waals surface area contributed by atoms with E-state index in [1.54, 1.807) is 48.7 Å². The van der Waals surface area contributed by atoms with E-state index in [0.717, 1.165) is 44.1 Å². The fourth-order valence-corrected chi connectivity index (χ4v) is 21.2. The lowest BCUT2D eigenvalue weighted by atomic mass is 9.86. The molecule has 0 aliphatic heterocycles. The lowest BCUT2D eigenvalue weighted by Crippen LogP contribution is -2.76. The van der Waals surface area contributed by atoms with E-state index in [1.165, 1.54) is 16.7 Å². The molecule has 0 saturated heterocycles. The molecule has 7 heteroatoms. The third-order valence-corrected chi connectivity index (χ3v) is 26.8. The molecule has 0 N–H and O–H groups in total. The Morgan fingerprint density at radius 1 is 0.381 bits per heavy atom. The van der Waals surface area contributed by atoms with Crippen LogP contribution in [0.15, 0.2) is 375 Å². The van der Waals surface area contributed by atoms with Gasteiger partial charge in [0, 0.05) is 23.0 Å². The molecule has 0 unspecified atom stereocenters. The van der Waals surface area contributed by atoms with Crippen LogP contribution in [0.5, 0.6) is 11.5 Å². The van der Waals surface area contributed by atoms with E-state index >= 15 is 0 Å². The van der Waals surface area contributed by atoms with E-state index in [1.807, 2.05) is 92.1 Å². The molecule has 0 radical (unpaired) electrons. The third kappa shape index (κ3) is 11.9. The van der Waals surface area contributed by atoms with E-state index in [4.69, 9.17) is 15.2 Å². The molecule has 0 atom stereocenters. The van der Waals surface area contributed by atoms with E-state index in [2.05, 4.69) is 27.1 Å². The Morgan fingerprint density at radius 3 is 1.48 bits per heavy atom. The maximum atomic E-state index is 11.7. The number of rotatable bonds is 16. The molecule has 17 rings (SSSR count). The monoisotopic (exact) mass is 1420 g/mol. The van der Waals surface area contributed by atoms with Gasteiger partial charge in [0.1, 0.15) is 17.3 Å². The van der Waals surface area contributed by atoms with Crippen LogP contribution in [0.3, 0.4) is 0 Å². The molecular formula is C98H80N4OSi2. The molecule has 0 aliphatic rings. The Bertz CT molecular complexity index is 7980. The van der Waals surface area contributed by atoms with Gasteiger partial charge >= 0.3 is 0 Å². The van der Waals surface area contributed by atoms with Crippen LogP contribution >= 0.6 is 0 Å². The standard InChI is InChI=1S/C98H80N4OSi2/c1-97(2,3)75-55-52-71(53-56-75)72-54-59-91-93(64-72)100(77-35-31-36-78(67-77)103-79-57-58-88-87-50-28-29-51-90(87)102(92(88)68-79)95-66-76(60-61-99-95)98(4,5)6)69-101(91)96-89(73-34-30-49-86(62-73)104(80-37-16-8-17-38-80,81-39-18-9-19-40-81)82-41-20-10-21-42-82)63-74(70-32-14-7-15-33-70)65-94(96)105(83-43-22-11-23-44-83,84-45-24-12-25-46-84)85-47-26-13-27-48-85/h7-68H,1-6H3/i7D,8D,9D,10D,11D,12D,13D,14D,15D,16D,17D,18D,19D,20D,21D,22D,23D,24D,25D,26D,27D,30D,32D,33D,34D,37D,38D,39D,40D,41D,42D,43D,44D,45D,46D,47D,48D,49D,62D. The van der Waals surface area contributed by atoms with Gasteiger partial charge in [0.15, 0.2) is 16.1 Å². The summed E-state index contributed by atoms with van der Waals surface area (Å²) in [5, 5.41) is -8.69. The average molecular weight is 1430 g/mol. The summed E-state index contributed by atoms with van der Waals surface area (Å²) in [6, 6.07) is -15.7. The fraction of sp³-hybridized carbons (Fsp3) is 0.0816. The minimum atomic E-state index is -7.13. The van der Waals surface area contributed by atoms with Crippen molar-refractivity contribution in [3.05, 3.63) is 393 Å². The molecule has 17 aromatic rings. The highest BCUT2D eigenvalue weighted by atomic mass is 28.3. The van der Waals surface area contributed by atoms with Crippen LogP contribution in [-0.4, -0.2) is 30.3 Å². The van der Waals surface area contributed by atoms with Crippen LogP contribution in [0.4, 0.5) is 0 Å². The number of para-hydroxylation sites is 1. The smallest absolute Gasteiger partial charge is 0.269 e. The third-order valence-electron chi connectivity index (χ3n) is 18.6. The second-order valence-electron chi connectivity index (χ2n) is 26.8. The van der Waals surface area contributed by atoms with Crippen molar-refractivity contribution in [1.82, 2.24) is 14.1 Å². The van der Waals surface area contributed by atoms with Gasteiger partial charge in [0.2, 0.25) is 0 Å². The van der Waals surface area contributed by atoms with Gasteiger partial charge in [0.25, 0.3) is 6.33 Å². The quantitative estimate of drug-likeness (QED) is 0.0418. The van der Waals surface area contributed by atoms with Gasteiger partial charge in [-0.1, -0.05) is 344 Å². The summed E-state index contributed by atoms with van der Waals surface area (Å²) in [4.78, 5) is 4.87. The van der Waals surface area contributed by atoms with Gasteiger partial charge in [-0.2, -0.15) is 0 Å². The first kappa shape index (κ1) is 35.8. The van der Waals surface area contributed by atoms with Crippen molar-refractivity contribution < 1.29 is 62.8 Å². The van der Waals surface area contributed by atoms with Gasteiger partial charge in [-0.25, -0.2) is 4.98 Å². The number of pyridine rings is 1. The van der Waals surface area contributed by atoms with Crippen LogP contribution in [0.1, 0.15) is 106 Å². The summed E-state index contributed by atoms with van der Waals surface area (Å²) in [6.07, 6.45) is 5.08. The van der Waals surface area contributed by atoms with Gasteiger partial charge in [-0.15, -0.1) is 0 Å². The summed E-state index contributed by atoms with van der Waals surface area (Å²) in [6.45, 7) is 12.2. The first-order chi connectivity index (χ1) is 67.5. The summed E-state index contributed by atoms with van der Waals surface area (Å²) < 4.78 is 399. The summed E-state index contributed by atoms with van der Waals surface area (Å²) in [5.41, 5.74) is -2.10. The highest BCUT2D eigenvalue weighted by Crippen LogP contribution is 2.39. The van der Waals surface area contributed by atoms with Crippen molar-refractivity contribution in [2.24, 2.45) is 0 Å². The number of fused-ring (bicyclic) bond motifs is 4. The second-order valence-corrected chi connectivity index (χ2v) is 33.8. The van der Waals surface area contributed by atoms with Crippen molar-refractivity contribution in [1.29, 1.82) is 0 Å². The molecule has 0 saturated carbocycles. The van der Waals surface area contributed by atoms with Gasteiger partial charge in [-0.3, -0.25) is 13.7 Å². The van der Waals surface area contributed by atoms with Crippen LogP contribution in [0.25, 0.3) is 83.4 Å². The first-order valence-electron chi connectivity index (χ1n) is 52.7. The topological polar surface area (TPSA) is 35.9 Å². The number of benzene rings is 14. The molecule has 0 aliphatic carbocycles. The molecule has 506 valence electrons. The molecule has 0 bridgehead atoms. The van der Waals surface area contributed by atoms with Crippen LogP contribution in [0.2, 0.25) is 0 Å². The Labute approximate surface area is 672 Å². The number of aromatic nitrogens is 4. The molecule has 3 heterocycles. The Balaban J connectivity index is 1.17. The predicted molar refractivity (Wildman–Crippen MR) is 443 cm³/mol. The number of nitrogens with zero attached hydrogens (tertiary/aromatic N) is 4. The molecule has 0 spiro atoms. The van der Waals surface area contributed by atoms with Crippen molar-refractivity contribution in [2.45, 2.75) is 52.4 Å². The summed E-state index contributed by atoms with van der Waals surface area (Å²) in [7, 11) is -14.2. The SMILES string of the molecule is [2H]c1c([2H])c([2H])c(-c2cc(-c3c([2H])c([2H])c([2H])c([Si](c4c([2H])c([2H])c([2H])c([2H])c4[2H])(c4c([2H])c([2H])c([2H])c([2H])c4[2H])c4c([2H])c([2H])c([2H])c([2H])c4[2H])c3[2H])c(-[n+]3[c-]n(-c4cccc(Oc5ccc6c7ccccc7n(-c7cc(C(C)(C)C)ccn7)c6c5)c4)c4cc(-c5ccc(C(C)(C)C)cc5)ccc43)c([Si](c3c([2H])c([2H])c([2H])c([2H])c3[2H])(c3c([2H])c([2H])c([2H])c([2H])c3[2H])c3c([2H])c([2H])c([2H])c([2H])c3[2H])c2)c([2H])c1[2H]. The Hall–Kier alpha value is -12.3. The zero-order chi connectivity index (χ0) is 105. The number of ether oxygens (including phenoxy) is 1.